The first kappa shape index (κ1) is 32.2. The number of nitrogens with zero attached hydrogens (tertiary/aromatic N) is 2. The van der Waals surface area contributed by atoms with Gasteiger partial charge in [0.15, 0.2) is 0 Å². The third kappa shape index (κ3) is 7.99. The van der Waals surface area contributed by atoms with Crippen molar-refractivity contribution in [3.05, 3.63) is 65.2 Å². The lowest BCUT2D eigenvalue weighted by molar-refractivity contribution is -0.137. The van der Waals surface area contributed by atoms with E-state index in [0.29, 0.717) is 19.2 Å². The zero-order valence-corrected chi connectivity index (χ0v) is 23.8. The van der Waals surface area contributed by atoms with Crippen LogP contribution in [0, 0.1) is 11.8 Å². The maximum atomic E-state index is 13.5. The minimum Gasteiger partial charge on any atom is -0.445 e. The van der Waals surface area contributed by atoms with Crippen LogP contribution in [0.2, 0.25) is 0 Å². The molecule has 14 heteroatoms. The topological polar surface area (TPSA) is 140 Å². The molecule has 4 rings (SSSR count). The zero-order valence-electron chi connectivity index (χ0n) is 23.8. The Bertz CT molecular complexity index is 1440. The first-order valence-electron chi connectivity index (χ1n) is 13.9. The lowest BCUT2D eigenvalue weighted by Crippen LogP contribution is -2.53. The monoisotopic (exact) mass is 615 g/mol. The predicted molar refractivity (Wildman–Crippen MR) is 152 cm³/mol. The number of aliphatic hydroxyl groups excluding tert-OH is 1. The molecular weight excluding hydrogens is 583 g/mol. The van der Waals surface area contributed by atoms with Crippen molar-refractivity contribution in [3.8, 4) is 11.8 Å². The molecule has 0 spiro atoms. The van der Waals surface area contributed by atoms with Gasteiger partial charge in [-0.15, -0.1) is 5.92 Å². The molecule has 0 saturated carbocycles. The summed E-state index contributed by atoms with van der Waals surface area (Å²) < 4.78 is 45.6. The van der Waals surface area contributed by atoms with Crippen molar-refractivity contribution in [2.75, 3.05) is 31.5 Å². The van der Waals surface area contributed by atoms with Crippen molar-refractivity contribution in [3.63, 3.8) is 0 Å². The van der Waals surface area contributed by atoms with E-state index in [1.165, 1.54) is 16.7 Å². The first-order valence-corrected chi connectivity index (χ1v) is 13.9. The van der Waals surface area contributed by atoms with Crippen LogP contribution < -0.4 is 16.0 Å². The van der Waals surface area contributed by atoms with Crippen LogP contribution in [0.4, 0.5) is 28.4 Å². The van der Waals surface area contributed by atoms with Crippen LogP contribution in [0.1, 0.15) is 41.3 Å². The van der Waals surface area contributed by atoms with Crippen molar-refractivity contribution in [1.29, 1.82) is 0 Å². The van der Waals surface area contributed by atoms with E-state index in [1.54, 1.807) is 24.3 Å². The third-order valence-corrected chi connectivity index (χ3v) is 7.25. The molecule has 3 unspecified atom stereocenters. The van der Waals surface area contributed by atoms with Crippen molar-refractivity contribution in [2.45, 2.75) is 50.7 Å². The molecule has 234 valence electrons. The van der Waals surface area contributed by atoms with Crippen LogP contribution >= 0.6 is 0 Å². The molecular formula is C30H32F3N5O6. The van der Waals surface area contributed by atoms with E-state index in [4.69, 9.17) is 4.74 Å². The number of carbonyl (C=O) groups excluding carboxylic acids is 4. The number of likely N-dealkylation sites (tertiary alicyclic amines) is 2. The van der Waals surface area contributed by atoms with E-state index in [2.05, 4.69) is 27.8 Å². The molecule has 4 N–H and O–H groups in total. The van der Waals surface area contributed by atoms with E-state index in [9.17, 15) is 37.5 Å². The summed E-state index contributed by atoms with van der Waals surface area (Å²) in [6, 6.07) is 8.59. The summed E-state index contributed by atoms with van der Waals surface area (Å²) >= 11 is 0. The van der Waals surface area contributed by atoms with Gasteiger partial charge in [-0.2, -0.15) is 13.2 Å². The summed E-state index contributed by atoms with van der Waals surface area (Å²) in [6.07, 6.45) is -6.05. The van der Waals surface area contributed by atoms with Crippen LogP contribution in [0.5, 0.6) is 0 Å². The molecule has 2 aromatic rings. The van der Waals surface area contributed by atoms with E-state index in [1.807, 2.05) is 6.07 Å². The van der Waals surface area contributed by atoms with Crippen molar-refractivity contribution in [1.82, 2.24) is 20.4 Å². The SMILES string of the molecule is CC#CC(O)C(CNC(=O)OCc1ccccc1)N1CCC(NC(=O)c2cc(C(F)(F)F)ccc2NC(=O)N2CCC2)C1=O. The fourth-order valence-electron chi connectivity index (χ4n) is 4.73. The Morgan fingerprint density at radius 2 is 1.84 bits per heavy atom. The average Bonchev–Trinajstić information content (AvgIpc) is 3.30. The van der Waals surface area contributed by atoms with Crippen molar-refractivity contribution < 1.29 is 42.2 Å². The molecule has 0 bridgehead atoms. The normalized spacial score (nSPS) is 17.5. The number of halogens is 3. The quantitative estimate of drug-likeness (QED) is 0.320. The molecule has 5 amide bonds. The van der Waals surface area contributed by atoms with Gasteiger partial charge in [-0.05, 0) is 43.5 Å². The molecule has 2 fully saturated rings. The average molecular weight is 616 g/mol. The minimum atomic E-state index is -4.76. The number of ether oxygens (including phenoxy) is 1. The summed E-state index contributed by atoms with van der Waals surface area (Å²) in [7, 11) is 0. The van der Waals surface area contributed by atoms with Crippen LogP contribution in [-0.2, 0) is 22.3 Å². The fraction of sp³-hybridized carbons (Fsp3) is 0.400. The number of alkyl carbamates (subject to hydrolysis) is 1. The highest BCUT2D eigenvalue weighted by Crippen LogP contribution is 2.32. The third-order valence-electron chi connectivity index (χ3n) is 7.25. The number of anilines is 1. The Kier molecular flexibility index (Phi) is 10.3. The van der Waals surface area contributed by atoms with Gasteiger partial charge in [-0.1, -0.05) is 36.3 Å². The highest BCUT2D eigenvalue weighted by Gasteiger charge is 2.40. The van der Waals surface area contributed by atoms with Crippen molar-refractivity contribution >= 4 is 29.6 Å². The second kappa shape index (κ2) is 14.1. The second-order valence-corrected chi connectivity index (χ2v) is 10.2. The lowest BCUT2D eigenvalue weighted by Gasteiger charge is -2.31. The number of nitrogens with one attached hydrogen (secondary N) is 3. The summed E-state index contributed by atoms with van der Waals surface area (Å²) in [5.41, 5.74) is -0.945. The van der Waals surface area contributed by atoms with E-state index in [-0.39, 0.29) is 31.8 Å². The highest BCUT2D eigenvalue weighted by atomic mass is 19.4. The number of rotatable bonds is 9. The molecule has 11 nitrogen and oxygen atoms in total. The molecule has 0 aromatic heterocycles. The molecule has 0 radical (unpaired) electrons. The Hall–Kier alpha value is -4.77. The Morgan fingerprint density at radius 1 is 1.11 bits per heavy atom. The van der Waals surface area contributed by atoms with Gasteiger partial charge in [0.25, 0.3) is 5.91 Å². The number of amides is 5. The van der Waals surface area contributed by atoms with Crippen LogP contribution in [0.3, 0.4) is 0 Å². The van der Waals surface area contributed by atoms with Gasteiger partial charge in [-0.25, -0.2) is 9.59 Å². The van der Waals surface area contributed by atoms with Gasteiger partial charge in [0.1, 0.15) is 18.8 Å². The Balaban J connectivity index is 1.44. The van der Waals surface area contributed by atoms with E-state index >= 15 is 0 Å². The van der Waals surface area contributed by atoms with Gasteiger partial charge < -0.3 is 35.6 Å². The van der Waals surface area contributed by atoms with Gasteiger partial charge in [0.2, 0.25) is 5.91 Å². The molecule has 3 atom stereocenters. The van der Waals surface area contributed by atoms with Crippen LogP contribution in [-0.4, -0.2) is 83.2 Å². The standard InChI is InChI=1S/C30H32F3N5O6/c1-2-7-25(39)24(17-34-29(43)44-18-19-8-4-3-5-9-19)38-15-12-23(27(38)41)35-26(40)21-16-20(30(31,32)33)10-11-22(21)36-28(42)37-13-6-14-37/h3-5,8-11,16,23-25,39H,6,12-15,17-18H2,1H3,(H,34,43)(H,35,40)(H,36,42). The number of alkyl halides is 3. The largest absolute Gasteiger partial charge is 0.445 e. The maximum Gasteiger partial charge on any atom is 0.416 e. The Morgan fingerprint density at radius 3 is 2.48 bits per heavy atom. The fourth-order valence-corrected chi connectivity index (χ4v) is 4.73. The van der Waals surface area contributed by atoms with Crippen LogP contribution in [0.15, 0.2) is 48.5 Å². The molecule has 2 aliphatic rings. The number of urea groups is 1. The molecule has 0 aliphatic carbocycles. The number of carbonyl (C=O) groups is 4. The van der Waals surface area contributed by atoms with Gasteiger partial charge in [0, 0.05) is 26.2 Å². The summed E-state index contributed by atoms with van der Waals surface area (Å²) in [5.74, 6) is 3.49. The number of hydrogen-bond acceptors (Lipinski definition) is 6. The van der Waals surface area contributed by atoms with Crippen LogP contribution in [0.25, 0.3) is 0 Å². The van der Waals surface area contributed by atoms with Crippen molar-refractivity contribution in [2.24, 2.45) is 0 Å². The summed E-state index contributed by atoms with van der Waals surface area (Å²) in [4.78, 5) is 54.0. The van der Waals surface area contributed by atoms with Gasteiger partial charge in [-0.3, -0.25) is 9.59 Å². The highest BCUT2D eigenvalue weighted by molar-refractivity contribution is 6.05. The van der Waals surface area contributed by atoms with E-state index in [0.717, 1.165) is 24.1 Å². The van der Waals surface area contributed by atoms with Gasteiger partial charge >= 0.3 is 18.3 Å². The predicted octanol–water partition coefficient (Wildman–Crippen LogP) is 2.95. The second-order valence-electron chi connectivity index (χ2n) is 10.2. The molecule has 44 heavy (non-hydrogen) atoms. The number of benzene rings is 2. The van der Waals surface area contributed by atoms with Gasteiger partial charge in [0.05, 0.1) is 22.9 Å². The lowest BCUT2D eigenvalue weighted by atomic mass is 10.1. The Labute approximate surface area is 251 Å². The molecule has 2 aromatic carbocycles. The minimum absolute atomic E-state index is 0.00141. The molecule has 2 heterocycles. The van der Waals surface area contributed by atoms with E-state index < -0.39 is 59.4 Å². The summed E-state index contributed by atoms with van der Waals surface area (Å²) in [5, 5.41) is 18.1. The molecule has 2 saturated heterocycles. The molecule has 2 aliphatic heterocycles. The maximum absolute atomic E-state index is 13.5. The smallest absolute Gasteiger partial charge is 0.416 e. The first-order chi connectivity index (χ1) is 21.0. The number of aliphatic hydroxyl groups is 1. The summed E-state index contributed by atoms with van der Waals surface area (Å²) in [6.45, 7) is 2.28. The number of hydrogen-bond donors (Lipinski definition) is 4. The zero-order chi connectivity index (χ0) is 31.9.